The van der Waals surface area contributed by atoms with E-state index in [1.54, 1.807) is 49.6 Å². The first-order valence-corrected chi connectivity index (χ1v) is 11.2. The first kappa shape index (κ1) is 23.3. The lowest BCUT2D eigenvalue weighted by Gasteiger charge is -2.27. The molecule has 8 nitrogen and oxygen atoms in total. The number of allylic oxidation sites excluding steroid dienone is 1. The highest BCUT2D eigenvalue weighted by Gasteiger charge is 2.39. The molecule has 5 rings (SSSR count). The van der Waals surface area contributed by atoms with E-state index in [-0.39, 0.29) is 23.9 Å². The Morgan fingerprint density at radius 3 is 2.14 bits per heavy atom. The summed E-state index contributed by atoms with van der Waals surface area (Å²) in [6, 6.07) is 14.1. The van der Waals surface area contributed by atoms with E-state index in [9.17, 15) is 9.59 Å². The van der Waals surface area contributed by atoms with Crippen LogP contribution in [0.1, 0.15) is 39.4 Å². The van der Waals surface area contributed by atoms with Crippen molar-refractivity contribution in [2.24, 2.45) is 0 Å². The molecule has 2 aliphatic rings. The molecule has 8 heteroatoms. The molecule has 3 aromatic carbocycles. The number of methoxy groups -OCH3 is 4. The molecule has 184 valence electrons. The topological polar surface area (TPSA) is 89.5 Å². The van der Waals surface area contributed by atoms with Gasteiger partial charge in [-0.2, -0.15) is 0 Å². The average molecular weight is 488 g/mol. The van der Waals surface area contributed by atoms with Gasteiger partial charge in [0, 0.05) is 11.5 Å². The van der Waals surface area contributed by atoms with Gasteiger partial charge in [0.05, 0.1) is 40.4 Å². The Morgan fingerprint density at radius 1 is 0.833 bits per heavy atom. The third kappa shape index (κ3) is 3.90. The number of ether oxygens (including phenoxy) is 6. The van der Waals surface area contributed by atoms with E-state index in [0.717, 1.165) is 11.1 Å². The monoisotopic (exact) mass is 488 g/mol. The van der Waals surface area contributed by atoms with Gasteiger partial charge >= 0.3 is 5.97 Å². The van der Waals surface area contributed by atoms with E-state index >= 15 is 0 Å². The molecule has 0 aliphatic carbocycles. The summed E-state index contributed by atoms with van der Waals surface area (Å²) in [6.45, 7) is 0. The second kappa shape index (κ2) is 9.30. The average Bonchev–Trinajstić information content (AvgIpc) is 3.22. The van der Waals surface area contributed by atoms with E-state index in [2.05, 4.69) is 0 Å². The van der Waals surface area contributed by atoms with Gasteiger partial charge in [0.15, 0.2) is 17.3 Å². The fourth-order valence-corrected chi connectivity index (χ4v) is 4.54. The van der Waals surface area contributed by atoms with Gasteiger partial charge in [0.25, 0.3) is 0 Å². The summed E-state index contributed by atoms with van der Waals surface area (Å²) in [5.41, 5.74) is 2.55. The lowest BCUT2D eigenvalue weighted by atomic mass is 9.84. The molecule has 3 aromatic rings. The highest BCUT2D eigenvalue weighted by atomic mass is 16.5. The van der Waals surface area contributed by atoms with Gasteiger partial charge in [0.2, 0.25) is 11.5 Å². The summed E-state index contributed by atoms with van der Waals surface area (Å²) < 4.78 is 33.3. The summed E-state index contributed by atoms with van der Waals surface area (Å²) in [4.78, 5) is 25.7. The first-order chi connectivity index (χ1) is 17.5. The summed E-state index contributed by atoms with van der Waals surface area (Å²) in [7, 11) is 6.17. The maximum Gasteiger partial charge on any atom is 0.312 e. The molecular formula is C28H24O8. The summed E-state index contributed by atoms with van der Waals surface area (Å²) in [5.74, 6) is 1.88. The number of rotatable bonds is 6. The van der Waals surface area contributed by atoms with Crippen LogP contribution >= 0.6 is 0 Å². The number of esters is 1. The Morgan fingerprint density at radius 2 is 1.53 bits per heavy atom. The highest BCUT2D eigenvalue weighted by molar-refractivity contribution is 6.15. The molecule has 0 amide bonds. The molecule has 1 atom stereocenters. The third-order valence-corrected chi connectivity index (χ3v) is 6.28. The van der Waals surface area contributed by atoms with Gasteiger partial charge in [-0.25, -0.2) is 0 Å². The summed E-state index contributed by atoms with van der Waals surface area (Å²) in [6.07, 6.45) is 1.73. The SMILES string of the molecule is COc1ccc(/C=C2/Oc3c(ccc4c3[C@H](c3cc(OC)c(OC)c(OC)c3)CC(=O)O4)C2=O)cc1. The van der Waals surface area contributed by atoms with Crippen molar-refractivity contribution in [3.63, 3.8) is 0 Å². The highest BCUT2D eigenvalue weighted by Crippen LogP contribution is 2.51. The minimum Gasteiger partial charge on any atom is -0.497 e. The van der Waals surface area contributed by atoms with Crippen molar-refractivity contribution in [1.29, 1.82) is 0 Å². The second-order valence-electron chi connectivity index (χ2n) is 8.26. The van der Waals surface area contributed by atoms with Crippen LogP contribution in [0.4, 0.5) is 0 Å². The number of carbonyl (C=O) groups excluding carboxylic acids is 2. The van der Waals surface area contributed by atoms with Crippen molar-refractivity contribution in [1.82, 2.24) is 0 Å². The Hall–Kier alpha value is -4.46. The normalized spacial score (nSPS) is 17.1. The molecule has 0 aromatic heterocycles. The molecule has 0 N–H and O–H groups in total. The summed E-state index contributed by atoms with van der Waals surface area (Å²) in [5, 5.41) is 0. The smallest absolute Gasteiger partial charge is 0.312 e. The molecule has 36 heavy (non-hydrogen) atoms. The van der Waals surface area contributed by atoms with Gasteiger partial charge < -0.3 is 28.4 Å². The van der Waals surface area contributed by atoms with E-state index < -0.39 is 5.92 Å². The van der Waals surface area contributed by atoms with Crippen molar-refractivity contribution in [3.05, 3.63) is 76.5 Å². The molecule has 0 saturated carbocycles. The van der Waals surface area contributed by atoms with Gasteiger partial charge in [0.1, 0.15) is 17.2 Å². The molecule has 0 spiro atoms. The maximum atomic E-state index is 13.2. The zero-order valence-electron chi connectivity index (χ0n) is 20.2. The molecule has 2 aliphatic heterocycles. The van der Waals surface area contributed by atoms with Crippen LogP contribution in [0.25, 0.3) is 6.08 Å². The van der Waals surface area contributed by atoms with Crippen LogP contribution < -0.4 is 28.4 Å². The number of benzene rings is 3. The number of carbonyl (C=O) groups is 2. The predicted octanol–water partition coefficient (Wildman–Crippen LogP) is 4.78. The van der Waals surface area contributed by atoms with Gasteiger partial charge in [-0.1, -0.05) is 12.1 Å². The standard InChI is InChI=1S/C28H24O8/c1-31-17-7-5-15(6-8-17)11-21-26(30)18-9-10-20-25(27(18)36-21)19(14-24(29)35-20)16-12-22(32-2)28(34-4)23(13-16)33-3/h5-13,19H,14H2,1-4H3/b21-11+/t19-/m0/s1. The number of Topliss-reactive ketones (excluding diaryl/α,β-unsaturated/α-hetero) is 1. The quantitative estimate of drug-likeness (QED) is 0.278. The van der Waals surface area contributed by atoms with Crippen LogP contribution in [0.3, 0.4) is 0 Å². The van der Waals surface area contributed by atoms with E-state index in [1.165, 1.54) is 21.3 Å². The molecule has 0 saturated heterocycles. The Bertz CT molecular complexity index is 1360. The van der Waals surface area contributed by atoms with Crippen molar-refractivity contribution >= 4 is 17.8 Å². The van der Waals surface area contributed by atoms with Crippen molar-refractivity contribution in [3.8, 4) is 34.5 Å². The minimum absolute atomic E-state index is 0.0527. The van der Waals surface area contributed by atoms with Crippen LogP contribution in [0, 0.1) is 0 Å². The molecule has 2 heterocycles. The van der Waals surface area contributed by atoms with Crippen molar-refractivity contribution < 1.29 is 38.0 Å². The first-order valence-electron chi connectivity index (χ1n) is 11.2. The zero-order valence-corrected chi connectivity index (χ0v) is 20.2. The molecule has 0 radical (unpaired) electrons. The van der Waals surface area contributed by atoms with Gasteiger partial charge in [-0.3, -0.25) is 9.59 Å². The van der Waals surface area contributed by atoms with E-state index in [4.69, 9.17) is 28.4 Å². The summed E-state index contributed by atoms with van der Waals surface area (Å²) >= 11 is 0. The minimum atomic E-state index is -0.460. The molecular weight excluding hydrogens is 464 g/mol. The molecule has 0 unspecified atom stereocenters. The maximum absolute atomic E-state index is 13.2. The van der Waals surface area contributed by atoms with Gasteiger partial charge in [-0.15, -0.1) is 0 Å². The number of fused-ring (bicyclic) bond motifs is 3. The van der Waals surface area contributed by atoms with Crippen LogP contribution in [-0.2, 0) is 4.79 Å². The van der Waals surface area contributed by atoms with Gasteiger partial charge in [-0.05, 0) is 53.6 Å². The van der Waals surface area contributed by atoms with E-state index in [1.807, 2.05) is 12.1 Å². The van der Waals surface area contributed by atoms with Crippen LogP contribution in [-0.4, -0.2) is 40.2 Å². The van der Waals surface area contributed by atoms with Crippen LogP contribution in [0.2, 0.25) is 0 Å². The number of hydrogen-bond acceptors (Lipinski definition) is 8. The zero-order chi connectivity index (χ0) is 25.4. The van der Waals surface area contributed by atoms with Crippen LogP contribution in [0.5, 0.6) is 34.5 Å². The molecule has 0 fully saturated rings. The number of hydrogen-bond donors (Lipinski definition) is 0. The number of ketones is 1. The largest absolute Gasteiger partial charge is 0.497 e. The third-order valence-electron chi connectivity index (χ3n) is 6.28. The van der Waals surface area contributed by atoms with Crippen molar-refractivity contribution in [2.45, 2.75) is 12.3 Å². The Labute approximate surface area is 207 Å². The van der Waals surface area contributed by atoms with Crippen molar-refractivity contribution in [2.75, 3.05) is 28.4 Å². The molecule has 0 bridgehead atoms. The predicted molar refractivity (Wildman–Crippen MR) is 131 cm³/mol. The van der Waals surface area contributed by atoms with E-state index in [0.29, 0.717) is 45.6 Å². The fourth-order valence-electron chi connectivity index (χ4n) is 4.54. The Kier molecular flexibility index (Phi) is 6.01. The second-order valence-corrected chi connectivity index (χ2v) is 8.26. The lowest BCUT2D eigenvalue weighted by Crippen LogP contribution is -2.21. The fraction of sp³-hybridized carbons (Fsp3) is 0.214. The Balaban J connectivity index is 1.61. The lowest BCUT2D eigenvalue weighted by molar-refractivity contribution is -0.135. The van der Waals surface area contributed by atoms with Crippen LogP contribution in [0.15, 0.2) is 54.3 Å².